The molecule has 8 heteroatoms. The molecule has 7 nitrogen and oxygen atoms in total. The first-order valence-electron chi connectivity index (χ1n) is 8.81. The molecule has 2 N–H and O–H groups in total. The molecular weight excluding hydrogens is 362 g/mol. The van der Waals surface area contributed by atoms with Crippen LogP contribution >= 0.6 is 11.8 Å². The van der Waals surface area contributed by atoms with Crippen LogP contribution in [0, 0.1) is 0 Å². The number of aromatic nitrogens is 3. The van der Waals surface area contributed by atoms with E-state index < -0.39 is 6.03 Å². The molecule has 0 spiro atoms. The van der Waals surface area contributed by atoms with Crippen molar-refractivity contribution in [3.05, 3.63) is 29.8 Å². The Morgan fingerprint density at radius 1 is 1.15 bits per heavy atom. The summed E-state index contributed by atoms with van der Waals surface area (Å²) in [6.07, 6.45) is 0. The van der Waals surface area contributed by atoms with Crippen LogP contribution in [-0.4, -0.2) is 38.5 Å². The second-order valence-corrected chi connectivity index (χ2v) is 8.60. The maximum atomic E-state index is 11.9. The number of urea groups is 1. The minimum absolute atomic E-state index is 0.0311. The first-order chi connectivity index (χ1) is 12.6. The molecule has 0 radical (unpaired) electrons. The van der Waals surface area contributed by atoms with Crippen LogP contribution in [0.1, 0.15) is 40.2 Å². The lowest BCUT2D eigenvalue weighted by atomic mass is 9.87. The van der Waals surface area contributed by atoms with Gasteiger partial charge < -0.3 is 9.88 Å². The van der Waals surface area contributed by atoms with E-state index in [4.69, 9.17) is 0 Å². The quantitative estimate of drug-likeness (QED) is 0.767. The number of imide groups is 1. The van der Waals surface area contributed by atoms with E-state index >= 15 is 0 Å². The first kappa shape index (κ1) is 21.0. The van der Waals surface area contributed by atoms with Gasteiger partial charge in [-0.05, 0) is 24.8 Å². The summed E-state index contributed by atoms with van der Waals surface area (Å²) < 4.78 is 1.85. The van der Waals surface area contributed by atoms with E-state index in [-0.39, 0.29) is 23.1 Å². The zero-order valence-corrected chi connectivity index (χ0v) is 17.5. The summed E-state index contributed by atoms with van der Waals surface area (Å²) in [6, 6.07) is 7.73. The average molecular weight is 390 g/mol. The number of carbonyl (C=O) groups is 2. The smallest absolute Gasteiger partial charge is 0.321 e. The Morgan fingerprint density at radius 3 is 2.33 bits per heavy atom. The number of rotatable bonds is 5. The standard InChI is InChI=1S/C19H27N5O2S/c1-12(2)20-17(26)21-15(25)11-27-18-23-22-16(24(18)6)13-7-9-14(10-8-13)19(3,4)5/h7-10,12H,11H2,1-6H3,(H2,20,21,25,26). The van der Waals surface area contributed by atoms with Crippen LogP contribution in [0.3, 0.4) is 0 Å². The van der Waals surface area contributed by atoms with Crippen LogP contribution in [0.4, 0.5) is 4.79 Å². The lowest BCUT2D eigenvalue weighted by molar-refractivity contribution is -0.117. The molecule has 27 heavy (non-hydrogen) atoms. The molecule has 0 fully saturated rings. The highest BCUT2D eigenvalue weighted by atomic mass is 32.2. The molecule has 2 rings (SSSR count). The fourth-order valence-corrected chi connectivity index (χ4v) is 3.11. The maximum Gasteiger partial charge on any atom is 0.321 e. The number of nitrogens with one attached hydrogen (secondary N) is 2. The molecule has 0 atom stereocenters. The molecule has 0 aliphatic carbocycles. The molecular formula is C19H27N5O2S. The highest BCUT2D eigenvalue weighted by Crippen LogP contribution is 2.26. The molecule has 0 saturated carbocycles. The lowest BCUT2D eigenvalue weighted by Crippen LogP contribution is -2.43. The topological polar surface area (TPSA) is 88.9 Å². The van der Waals surface area contributed by atoms with E-state index in [9.17, 15) is 9.59 Å². The van der Waals surface area contributed by atoms with Crippen molar-refractivity contribution in [1.29, 1.82) is 0 Å². The van der Waals surface area contributed by atoms with Gasteiger partial charge in [0.15, 0.2) is 11.0 Å². The Hall–Kier alpha value is -2.35. The normalized spacial score (nSPS) is 11.5. The third-order valence-electron chi connectivity index (χ3n) is 3.85. The van der Waals surface area contributed by atoms with Crippen molar-refractivity contribution in [1.82, 2.24) is 25.4 Å². The van der Waals surface area contributed by atoms with Crippen LogP contribution in [-0.2, 0) is 17.3 Å². The SMILES string of the molecule is CC(C)NC(=O)NC(=O)CSc1nnc(-c2ccc(C(C)(C)C)cc2)n1C. The van der Waals surface area contributed by atoms with Crippen molar-refractivity contribution in [2.75, 3.05) is 5.75 Å². The van der Waals surface area contributed by atoms with Crippen LogP contribution in [0.15, 0.2) is 29.4 Å². The highest BCUT2D eigenvalue weighted by molar-refractivity contribution is 7.99. The van der Waals surface area contributed by atoms with Gasteiger partial charge in [0.1, 0.15) is 0 Å². The van der Waals surface area contributed by atoms with Crippen molar-refractivity contribution in [3.63, 3.8) is 0 Å². The summed E-state index contributed by atoms with van der Waals surface area (Å²) in [6.45, 7) is 10.2. The number of carbonyl (C=O) groups excluding carboxylic acids is 2. The fraction of sp³-hybridized carbons (Fsp3) is 0.474. The van der Waals surface area contributed by atoms with E-state index in [0.29, 0.717) is 5.16 Å². The van der Waals surface area contributed by atoms with E-state index in [1.54, 1.807) is 0 Å². The Labute approximate surface area is 164 Å². The van der Waals surface area contributed by atoms with Crippen molar-refractivity contribution in [3.8, 4) is 11.4 Å². The summed E-state index contributed by atoms with van der Waals surface area (Å²) in [5.74, 6) is 0.439. The van der Waals surface area contributed by atoms with E-state index in [0.717, 1.165) is 11.4 Å². The minimum Gasteiger partial charge on any atom is -0.336 e. The van der Waals surface area contributed by atoms with Crippen molar-refractivity contribution < 1.29 is 9.59 Å². The van der Waals surface area contributed by atoms with Crippen molar-refractivity contribution in [2.45, 2.75) is 51.2 Å². The number of amides is 3. The molecule has 0 aliphatic rings. The summed E-state index contributed by atoms with van der Waals surface area (Å²) in [5.41, 5.74) is 2.30. The molecule has 0 aliphatic heterocycles. The highest BCUT2D eigenvalue weighted by Gasteiger charge is 2.16. The third kappa shape index (κ3) is 5.82. The number of nitrogens with zero attached hydrogens (tertiary/aromatic N) is 3. The molecule has 0 saturated heterocycles. The van der Waals surface area contributed by atoms with Gasteiger partial charge in [0.05, 0.1) is 5.75 Å². The van der Waals surface area contributed by atoms with Crippen molar-refractivity contribution in [2.24, 2.45) is 7.05 Å². The molecule has 1 aromatic carbocycles. The second-order valence-electron chi connectivity index (χ2n) is 7.66. The molecule has 1 heterocycles. The Kier molecular flexibility index (Phi) is 6.64. The third-order valence-corrected chi connectivity index (χ3v) is 4.87. The van der Waals surface area contributed by atoms with Gasteiger partial charge in [-0.15, -0.1) is 10.2 Å². The van der Waals surface area contributed by atoms with Gasteiger partial charge >= 0.3 is 6.03 Å². The molecule has 3 amide bonds. The lowest BCUT2D eigenvalue weighted by Gasteiger charge is -2.19. The van der Waals surface area contributed by atoms with Gasteiger partial charge in [-0.25, -0.2) is 4.79 Å². The van der Waals surface area contributed by atoms with Crippen LogP contribution < -0.4 is 10.6 Å². The molecule has 1 aromatic heterocycles. The van der Waals surface area contributed by atoms with Gasteiger partial charge in [-0.3, -0.25) is 10.1 Å². The summed E-state index contributed by atoms with van der Waals surface area (Å²) in [4.78, 5) is 23.4. The van der Waals surface area contributed by atoms with E-state index in [1.165, 1.54) is 17.3 Å². The largest absolute Gasteiger partial charge is 0.336 e. The number of benzene rings is 1. The van der Waals surface area contributed by atoms with Gasteiger partial charge in [0.2, 0.25) is 5.91 Å². The molecule has 146 valence electrons. The monoisotopic (exact) mass is 389 g/mol. The first-order valence-corrected chi connectivity index (χ1v) is 9.80. The molecule has 0 bridgehead atoms. The maximum absolute atomic E-state index is 11.9. The predicted molar refractivity (Wildman–Crippen MR) is 108 cm³/mol. The van der Waals surface area contributed by atoms with Crippen molar-refractivity contribution >= 4 is 23.7 Å². The van der Waals surface area contributed by atoms with Gasteiger partial charge in [0.25, 0.3) is 0 Å². The van der Waals surface area contributed by atoms with Gasteiger partial charge in [-0.1, -0.05) is 56.8 Å². The number of hydrogen-bond donors (Lipinski definition) is 2. The van der Waals surface area contributed by atoms with E-state index in [2.05, 4.69) is 53.7 Å². The van der Waals surface area contributed by atoms with Gasteiger partial charge in [-0.2, -0.15) is 0 Å². The van der Waals surface area contributed by atoms with Gasteiger partial charge in [0, 0.05) is 18.7 Å². The fourth-order valence-electron chi connectivity index (χ4n) is 2.40. The minimum atomic E-state index is -0.492. The Bertz CT molecular complexity index is 806. The Balaban J connectivity index is 2.01. The number of thioether (sulfide) groups is 1. The number of hydrogen-bond acceptors (Lipinski definition) is 5. The molecule has 0 unspecified atom stereocenters. The zero-order valence-electron chi connectivity index (χ0n) is 16.7. The van der Waals surface area contributed by atoms with E-state index in [1.807, 2.05) is 37.6 Å². The summed E-state index contributed by atoms with van der Waals surface area (Å²) in [7, 11) is 1.86. The zero-order chi connectivity index (χ0) is 20.2. The van der Waals surface area contributed by atoms with Crippen LogP contribution in [0.5, 0.6) is 0 Å². The second kappa shape index (κ2) is 8.56. The summed E-state index contributed by atoms with van der Waals surface area (Å²) in [5, 5.41) is 13.9. The van der Waals surface area contributed by atoms with Crippen LogP contribution in [0.2, 0.25) is 0 Å². The summed E-state index contributed by atoms with van der Waals surface area (Å²) >= 11 is 1.24. The Morgan fingerprint density at radius 2 is 1.78 bits per heavy atom. The average Bonchev–Trinajstić information content (AvgIpc) is 2.92. The van der Waals surface area contributed by atoms with Crippen LogP contribution in [0.25, 0.3) is 11.4 Å². The molecule has 2 aromatic rings. The predicted octanol–water partition coefficient (Wildman–Crippen LogP) is 3.11.